The Hall–Kier alpha value is -2.47. The molecule has 0 bridgehead atoms. The van der Waals surface area contributed by atoms with E-state index in [-0.39, 0.29) is 5.56 Å². The summed E-state index contributed by atoms with van der Waals surface area (Å²) in [6, 6.07) is 7.38. The molecule has 6 heteroatoms. The van der Waals surface area contributed by atoms with E-state index in [1.54, 1.807) is 6.08 Å². The third-order valence-corrected chi connectivity index (χ3v) is 3.09. The largest absolute Gasteiger partial charge is 0.272 e. The van der Waals surface area contributed by atoms with Gasteiger partial charge in [0.1, 0.15) is 5.82 Å². The van der Waals surface area contributed by atoms with Crippen molar-refractivity contribution in [3.05, 3.63) is 64.1 Å². The van der Waals surface area contributed by atoms with Crippen LogP contribution >= 0.6 is 11.3 Å². The molecule has 4 nitrogen and oxygen atoms in total. The number of thiophene rings is 1. The van der Waals surface area contributed by atoms with Gasteiger partial charge in [0, 0.05) is 6.08 Å². The molecule has 1 aromatic carbocycles. The number of hydrogen-bond donors (Lipinski definition) is 2. The zero-order valence-electron chi connectivity index (χ0n) is 10.3. The molecule has 20 heavy (non-hydrogen) atoms. The average Bonchev–Trinajstić information content (AvgIpc) is 2.96. The van der Waals surface area contributed by atoms with Crippen LogP contribution in [0.1, 0.15) is 15.9 Å². The fourth-order valence-corrected chi connectivity index (χ4v) is 2.04. The molecular weight excluding hydrogens is 279 g/mol. The highest BCUT2D eigenvalue weighted by Crippen LogP contribution is 2.07. The predicted molar refractivity (Wildman–Crippen MR) is 75.4 cm³/mol. The summed E-state index contributed by atoms with van der Waals surface area (Å²) in [5.74, 6) is -1.85. The summed E-state index contributed by atoms with van der Waals surface area (Å²) < 4.78 is 13.3. The second-order valence-electron chi connectivity index (χ2n) is 3.81. The highest BCUT2D eigenvalue weighted by Gasteiger charge is 2.10. The topological polar surface area (TPSA) is 58.2 Å². The molecule has 0 spiro atoms. The van der Waals surface area contributed by atoms with E-state index in [0.717, 1.165) is 5.56 Å². The second kappa shape index (κ2) is 6.63. The summed E-state index contributed by atoms with van der Waals surface area (Å²) in [6.07, 6.45) is 2.89. The number of carbonyl (C=O) groups is 2. The molecule has 0 saturated heterocycles. The van der Waals surface area contributed by atoms with Gasteiger partial charge in [-0.1, -0.05) is 12.1 Å². The van der Waals surface area contributed by atoms with E-state index in [0.29, 0.717) is 0 Å². The van der Waals surface area contributed by atoms with E-state index >= 15 is 0 Å². The van der Waals surface area contributed by atoms with Crippen LogP contribution in [0.25, 0.3) is 6.08 Å². The Labute approximate surface area is 118 Å². The first kappa shape index (κ1) is 14.0. The standard InChI is InChI=1S/C14H11FN2O2S/c15-12-4-2-1-3-11(12)14(19)17-16-13(18)6-5-10-7-8-20-9-10/h1-9H,(H,16,18)(H,17,19)/b6-5+. The Morgan fingerprint density at radius 1 is 1.15 bits per heavy atom. The Kier molecular flexibility index (Phi) is 4.62. The molecule has 2 rings (SSSR count). The van der Waals surface area contributed by atoms with Gasteiger partial charge in [0.15, 0.2) is 0 Å². The molecule has 2 amide bonds. The van der Waals surface area contributed by atoms with Gasteiger partial charge in [0.05, 0.1) is 5.56 Å². The van der Waals surface area contributed by atoms with Gasteiger partial charge < -0.3 is 0 Å². The van der Waals surface area contributed by atoms with E-state index in [2.05, 4.69) is 10.9 Å². The highest BCUT2D eigenvalue weighted by atomic mass is 32.1. The van der Waals surface area contributed by atoms with Crippen LogP contribution in [0.2, 0.25) is 0 Å². The van der Waals surface area contributed by atoms with Gasteiger partial charge in [-0.05, 0) is 40.6 Å². The van der Waals surface area contributed by atoms with E-state index in [9.17, 15) is 14.0 Å². The number of hydrogen-bond acceptors (Lipinski definition) is 3. The van der Waals surface area contributed by atoms with Gasteiger partial charge in [-0.15, -0.1) is 0 Å². The van der Waals surface area contributed by atoms with E-state index in [1.165, 1.54) is 41.7 Å². The van der Waals surface area contributed by atoms with Crippen LogP contribution in [0.4, 0.5) is 4.39 Å². The van der Waals surface area contributed by atoms with Gasteiger partial charge in [-0.3, -0.25) is 20.4 Å². The fourth-order valence-electron chi connectivity index (χ4n) is 1.41. The first-order valence-corrected chi connectivity index (χ1v) is 6.66. The Bertz CT molecular complexity index is 638. The van der Waals surface area contributed by atoms with Gasteiger partial charge in [0.25, 0.3) is 11.8 Å². The van der Waals surface area contributed by atoms with E-state index < -0.39 is 17.6 Å². The molecule has 0 radical (unpaired) electrons. The molecule has 0 unspecified atom stereocenters. The average molecular weight is 290 g/mol. The number of hydrazine groups is 1. The van der Waals surface area contributed by atoms with Crippen molar-refractivity contribution in [2.24, 2.45) is 0 Å². The number of nitrogens with one attached hydrogen (secondary N) is 2. The van der Waals surface area contributed by atoms with Crippen molar-refractivity contribution in [3.8, 4) is 0 Å². The van der Waals surface area contributed by atoms with Crippen LogP contribution in [0.3, 0.4) is 0 Å². The molecule has 0 aliphatic rings. The molecule has 1 heterocycles. The monoisotopic (exact) mass is 290 g/mol. The summed E-state index contributed by atoms with van der Waals surface area (Å²) in [7, 11) is 0. The third kappa shape index (κ3) is 3.76. The maximum absolute atomic E-state index is 13.3. The highest BCUT2D eigenvalue weighted by molar-refractivity contribution is 7.08. The Morgan fingerprint density at radius 3 is 2.65 bits per heavy atom. The Balaban J connectivity index is 1.87. The van der Waals surface area contributed by atoms with Crippen LogP contribution in [-0.4, -0.2) is 11.8 Å². The molecule has 2 aromatic rings. The first-order chi connectivity index (χ1) is 9.66. The van der Waals surface area contributed by atoms with Crippen molar-refractivity contribution in [3.63, 3.8) is 0 Å². The first-order valence-electron chi connectivity index (χ1n) is 5.72. The van der Waals surface area contributed by atoms with Crippen molar-refractivity contribution in [1.82, 2.24) is 10.9 Å². The summed E-state index contributed by atoms with van der Waals surface area (Å²) in [6.45, 7) is 0. The smallest absolute Gasteiger partial charge is 0.268 e. The minimum atomic E-state index is -0.708. The predicted octanol–water partition coefficient (Wildman–Crippen LogP) is 2.36. The van der Waals surface area contributed by atoms with Crippen LogP contribution in [0.15, 0.2) is 47.2 Å². The lowest BCUT2D eigenvalue weighted by Gasteiger charge is -2.05. The lowest BCUT2D eigenvalue weighted by atomic mass is 10.2. The lowest BCUT2D eigenvalue weighted by molar-refractivity contribution is -0.117. The third-order valence-electron chi connectivity index (χ3n) is 2.39. The fraction of sp³-hybridized carbons (Fsp3) is 0. The summed E-state index contributed by atoms with van der Waals surface area (Å²) >= 11 is 1.51. The molecule has 0 fully saturated rings. The molecular formula is C14H11FN2O2S. The molecule has 0 atom stereocenters. The van der Waals surface area contributed by atoms with Crippen molar-refractivity contribution < 1.29 is 14.0 Å². The minimum absolute atomic E-state index is 0.130. The maximum atomic E-state index is 13.3. The summed E-state index contributed by atoms with van der Waals surface area (Å²) in [5, 5.41) is 3.76. The molecule has 102 valence electrons. The zero-order valence-corrected chi connectivity index (χ0v) is 11.1. The molecule has 2 N–H and O–H groups in total. The minimum Gasteiger partial charge on any atom is -0.268 e. The SMILES string of the molecule is O=C(/C=C/c1ccsc1)NNC(=O)c1ccccc1F. The van der Waals surface area contributed by atoms with E-state index in [1.807, 2.05) is 16.8 Å². The van der Waals surface area contributed by atoms with Crippen LogP contribution in [-0.2, 0) is 4.79 Å². The van der Waals surface area contributed by atoms with Gasteiger partial charge in [-0.2, -0.15) is 11.3 Å². The lowest BCUT2D eigenvalue weighted by Crippen LogP contribution is -2.41. The molecule has 0 aliphatic carbocycles. The van der Waals surface area contributed by atoms with Gasteiger partial charge in [0.2, 0.25) is 0 Å². The van der Waals surface area contributed by atoms with Gasteiger partial charge in [-0.25, -0.2) is 4.39 Å². The van der Waals surface area contributed by atoms with Crippen molar-refractivity contribution >= 4 is 29.2 Å². The number of amides is 2. The van der Waals surface area contributed by atoms with Crippen molar-refractivity contribution in [2.45, 2.75) is 0 Å². The maximum Gasteiger partial charge on any atom is 0.272 e. The number of halogens is 1. The van der Waals surface area contributed by atoms with Crippen LogP contribution < -0.4 is 10.9 Å². The van der Waals surface area contributed by atoms with Crippen molar-refractivity contribution in [1.29, 1.82) is 0 Å². The van der Waals surface area contributed by atoms with Crippen molar-refractivity contribution in [2.75, 3.05) is 0 Å². The second-order valence-corrected chi connectivity index (χ2v) is 4.59. The number of carbonyl (C=O) groups excluding carboxylic acids is 2. The zero-order chi connectivity index (χ0) is 14.4. The quantitative estimate of drug-likeness (QED) is 0.673. The number of benzene rings is 1. The van der Waals surface area contributed by atoms with E-state index in [4.69, 9.17) is 0 Å². The summed E-state index contributed by atoms with van der Waals surface area (Å²) in [4.78, 5) is 23.1. The molecule has 1 aromatic heterocycles. The van der Waals surface area contributed by atoms with Gasteiger partial charge >= 0.3 is 0 Å². The molecule has 0 saturated carbocycles. The Morgan fingerprint density at radius 2 is 1.95 bits per heavy atom. The van der Waals surface area contributed by atoms with Crippen LogP contribution in [0.5, 0.6) is 0 Å². The summed E-state index contributed by atoms with van der Waals surface area (Å²) in [5.41, 5.74) is 5.09. The normalized spacial score (nSPS) is 10.4. The van der Waals surface area contributed by atoms with Crippen LogP contribution in [0, 0.1) is 5.82 Å². The molecule has 0 aliphatic heterocycles. The number of rotatable bonds is 3.